The standard InChI is InChI=1S/C23H27N3O5S/c1-17-5-11-23(12-6-17)32(29,30)26(20-9-7-19(8-10-20)25-18(2)27)16-21(28)14-24-15-22-4-3-13-31-22/h3-13,21,24,28H,14-16H2,1-2H3,(H,25,27). The van der Waals surface area contributed by atoms with Crippen molar-refractivity contribution in [3.8, 4) is 0 Å². The van der Waals surface area contributed by atoms with Gasteiger partial charge in [-0.2, -0.15) is 0 Å². The van der Waals surface area contributed by atoms with Crippen LogP contribution in [0.3, 0.4) is 0 Å². The normalized spacial score (nSPS) is 12.3. The van der Waals surface area contributed by atoms with Crippen molar-refractivity contribution in [3.63, 3.8) is 0 Å². The van der Waals surface area contributed by atoms with Gasteiger partial charge < -0.3 is 20.2 Å². The molecule has 0 saturated heterocycles. The third-order valence-corrected chi connectivity index (χ3v) is 6.53. The summed E-state index contributed by atoms with van der Waals surface area (Å²) in [6.45, 7) is 3.71. The maximum absolute atomic E-state index is 13.4. The molecule has 0 bridgehead atoms. The number of rotatable bonds is 10. The average molecular weight is 458 g/mol. The Kier molecular flexibility index (Phi) is 7.68. The van der Waals surface area contributed by atoms with Crippen molar-refractivity contribution < 1.29 is 22.7 Å². The van der Waals surface area contributed by atoms with E-state index in [-0.39, 0.29) is 23.9 Å². The molecule has 9 heteroatoms. The van der Waals surface area contributed by atoms with E-state index in [4.69, 9.17) is 4.42 Å². The van der Waals surface area contributed by atoms with Crippen molar-refractivity contribution in [1.29, 1.82) is 0 Å². The summed E-state index contributed by atoms with van der Waals surface area (Å²) in [5.74, 6) is 0.495. The number of amides is 1. The van der Waals surface area contributed by atoms with Gasteiger partial charge in [0.2, 0.25) is 5.91 Å². The Bertz CT molecular complexity index is 1110. The maximum Gasteiger partial charge on any atom is 0.264 e. The molecule has 0 aliphatic rings. The first-order valence-electron chi connectivity index (χ1n) is 10.1. The van der Waals surface area contributed by atoms with E-state index in [9.17, 15) is 18.3 Å². The highest BCUT2D eigenvalue weighted by Crippen LogP contribution is 2.26. The lowest BCUT2D eigenvalue weighted by atomic mass is 10.2. The van der Waals surface area contributed by atoms with Gasteiger partial charge in [0.15, 0.2) is 0 Å². The third kappa shape index (κ3) is 6.19. The van der Waals surface area contributed by atoms with Gasteiger partial charge in [-0.05, 0) is 55.5 Å². The number of nitrogens with one attached hydrogen (secondary N) is 2. The SMILES string of the molecule is CC(=O)Nc1ccc(N(CC(O)CNCc2ccco2)S(=O)(=O)c2ccc(C)cc2)cc1. The van der Waals surface area contributed by atoms with Crippen LogP contribution in [0, 0.1) is 6.92 Å². The number of carbonyl (C=O) groups excluding carboxylic acids is 1. The van der Waals surface area contributed by atoms with Crippen LogP contribution in [0.15, 0.2) is 76.2 Å². The molecule has 0 aliphatic carbocycles. The fourth-order valence-corrected chi connectivity index (χ4v) is 4.63. The summed E-state index contributed by atoms with van der Waals surface area (Å²) >= 11 is 0. The van der Waals surface area contributed by atoms with Gasteiger partial charge in [-0.15, -0.1) is 0 Å². The molecule has 0 spiro atoms. The Hall–Kier alpha value is -3.14. The van der Waals surface area contributed by atoms with Gasteiger partial charge in [-0.3, -0.25) is 9.10 Å². The number of aryl methyl sites for hydroxylation is 1. The number of anilines is 2. The number of carbonyl (C=O) groups is 1. The summed E-state index contributed by atoms with van der Waals surface area (Å²) < 4.78 is 33.2. The Labute approximate surface area is 187 Å². The number of benzene rings is 2. The summed E-state index contributed by atoms with van der Waals surface area (Å²) in [6, 6.07) is 16.6. The van der Waals surface area contributed by atoms with E-state index >= 15 is 0 Å². The van der Waals surface area contributed by atoms with Crippen molar-refractivity contribution >= 4 is 27.3 Å². The van der Waals surface area contributed by atoms with Crippen LogP contribution in [0.1, 0.15) is 18.2 Å². The molecular formula is C23H27N3O5S. The van der Waals surface area contributed by atoms with Gasteiger partial charge in [-0.1, -0.05) is 17.7 Å². The van der Waals surface area contributed by atoms with Gasteiger partial charge in [0.05, 0.1) is 36.0 Å². The van der Waals surface area contributed by atoms with Crippen LogP contribution in [0.5, 0.6) is 0 Å². The quantitative estimate of drug-likeness (QED) is 0.432. The fourth-order valence-electron chi connectivity index (χ4n) is 3.13. The smallest absolute Gasteiger partial charge is 0.264 e. The first kappa shape index (κ1) is 23.5. The van der Waals surface area contributed by atoms with Crippen LogP contribution in [-0.4, -0.2) is 38.6 Å². The fraction of sp³-hybridized carbons (Fsp3) is 0.261. The van der Waals surface area contributed by atoms with Crippen LogP contribution in [0.2, 0.25) is 0 Å². The van der Waals surface area contributed by atoms with Crippen LogP contribution in [0.4, 0.5) is 11.4 Å². The summed E-state index contributed by atoms with van der Waals surface area (Å²) in [4.78, 5) is 11.4. The Morgan fingerprint density at radius 2 is 1.78 bits per heavy atom. The largest absolute Gasteiger partial charge is 0.468 e. The van der Waals surface area contributed by atoms with E-state index in [0.717, 1.165) is 11.3 Å². The van der Waals surface area contributed by atoms with Crippen molar-refractivity contribution in [1.82, 2.24) is 5.32 Å². The molecular weight excluding hydrogens is 430 g/mol. The molecule has 32 heavy (non-hydrogen) atoms. The molecule has 2 aromatic carbocycles. The van der Waals surface area contributed by atoms with E-state index in [1.54, 1.807) is 60.9 Å². The molecule has 1 atom stereocenters. The highest BCUT2D eigenvalue weighted by molar-refractivity contribution is 7.92. The number of nitrogens with zero attached hydrogens (tertiary/aromatic N) is 1. The van der Waals surface area contributed by atoms with E-state index in [0.29, 0.717) is 17.9 Å². The number of hydrogen-bond donors (Lipinski definition) is 3. The molecule has 0 fully saturated rings. The molecule has 3 rings (SSSR count). The molecule has 1 heterocycles. The summed E-state index contributed by atoms with van der Waals surface area (Å²) in [7, 11) is -3.93. The molecule has 0 aliphatic heterocycles. The lowest BCUT2D eigenvalue weighted by Crippen LogP contribution is -2.41. The van der Waals surface area contributed by atoms with Crippen LogP contribution in [0.25, 0.3) is 0 Å². The monoisotopic (exact) mass is 457 g/mol. The molecule has 1 amide bonds. The number of hydrogen-bond acceptors (Lipinski definition) is 6. The molecule has 0 saturated carbocycles. The first-order chi connectivity index (χ1) is 15.3. The number of aliphatic hydroxyl groups is 1. The van der Waals surface area contributed by atoms with Crippen molar-refractivity contribution in [2.75, 3.05) is 22.7 Å². The highest BCUT2D eigenvalue weighted by atomic mass is 32.2. The molecule has 1 unspecified atom stereocenters. The van der Waals surface area contributed by atoms with Gasteiger partial charge in [0.1, 0.15) is 5.76 Å². The summed E-state index contributed by atoms with van der Waals surface area (Å²) in [5.41, 5.74) is 1.87. The zero-order valence-electron chi connectivity index (χ0n) is 18.0. The Balaban J connectivity index is 1.81. The zero-order chi connectivity index (χ0) is 23.1. The Morgan fingerprint density at radius 3 is 2.38 bits per heavy atom. The molecule has 170 valence electrons. The van der Waals surface area contributed by atoms with Gasteiger partial charge >= 0.3 is 0 Å². The second kappa shape index (κ2) is 10.4. The zero-order valence-corrected chi connectivity index (χ0v) is 18.8. The third-order valence-electron chi connectivity index (χ3n) is 4.72. The van der Waals surface area contributed by atoms with Crippen LogP contribution in [-0.2, 0) is 21.4 Å². The van der Waals surface area contributed by atoms with Crippen molar-refractivity contribution in [2.45, 2.75) is 31.4 Å². The van der Waals surface area contributed by atoms with E-state index in [1.807, 2.05) is 13.0 Å². The molecule has 1 aromatic heterocycles. The average Bonchev–Trinajstić information content (AvgIpc) is 3.26. The molecule has 8 nitrogen and oxygen atoms in total. The molecule has 0 radical (unpaired) electrons. The number of aliphatic hydroxyl groups excluding tert-OH is 1. The second-order valence-corrected chi connectivity index (χ2v) is 9.30. The number of furan rings is 1. The minimum absolute atomic E-state index is 0.129. The highest BCUT2D eigenvalue weighted by Gasteiger charge is 2.27. The molecule has 3 aromatic rings. The summed E-state index contributed by atoms with van der Waals surface area (Å²) in [5, 5.41) is 16.3. The maximum atomic E-state index is 13.4. The van der Waals surface area contributed by atoms with E-state index < -0.39 is 16.1 Å². The lowest BCUT2D eigenvalue weighted by molar-refractivity contribution is -0.114. The summed E-state index contributed by atoms with van der Waals surface area (Å²) in [6.07, 6.45) is 0.591. The lowest BCUT2D eigenvalue weighted by Gasteiger charge is -2.27. The van der Waals surface area contributed by atoms with E-state index in [2.05, 4.69) is 10.6 Å². The number of sulfonamides is 1. The van der Waals surface area contributed by atoms with E-state index in [1.165, 1.54) is 11.2 Å². The Morgan fingerprint density at radius 1 is 1.09 bits per heavy atom. The van der Waals surface area contributed by atoms with Crippen molar-refractivity contribution in [2.24, 2.45) is 0 Å². The van der Waals surface area contributed by atoms with Crippen LogP contribution < -0.4 is 14.9 Å². The molecule has 3 N–H and O–H groups in total. The minimum Gasteiger partial charge on any atom is -0.468 e. The topological polar surface area (TPSA) is 112 Å². The first-order valence-corrected chi connectivity index (χ1v) is 11.6. The van der Waals surface area contributed by atoms with Gasteiger partial charge in [0.25, 0.3) is 10.0 Å². The predicted molar refractivity (Wildman–Crippen MR) is 123 cm³/mol. The second-order valence-electron chi connectivity index (χ2n) is 7.44. The van der Waals surface area contributed by atoms with Gasteiger partial charge in [-0.25, -0.2) is 8.42 Å². The van der Waals surface area contributed by atoms with Crippen LogP contribution >= 0.6 is 0 Å². The minimum atomic E-state index is -3.93. The predicted octanol–water partition coefficient (Wildman–Crippen LogP) is 2.89. The van der Waals surface area contributed by atoms with Crippen molar-refractivity contribution in [3.05, 3.63) is 78.3 Å². The van der Waals surface area contributed by atoms with Gasteiger partial charge in [0, 0.05) is 19.2 Å².